The number of furan rings is 1. The van der Waals surface area contributed by atoms with Crippen LogP contribution in [0.15, 0.2) is 16.5 Å². The van der Waals surface area contributed by atoms with Gasteiger partial charge in [-0.2, -0.15) is 11.8 Å². The second-order valence-corrected chi connectivity index (χ2v) is 4.72. The van der Waals surface area contributed by atoms with Gasteiger partial charge >= 0.3 is 5.97 Å². The highest BCUT2D eigenvalue weighted by molar-refractivity contribution is 7.97. The molecule has 0 aliphatic carbocycles. The Labute approximate surface area is 110 Å². The Morgan fingerprint density at radius 1 is 1.50 bits per heavy atom. The topological polar surface area (TPSA) is 79.5 Å². The average molecular weight is 271 g/mol. The first-order valence-corrected chi connectivity index (χ1v) is 7.09. The molecule has 0 spiro atoms. The number of carbonyl (C=O) groups is 2. The molecule has 6 heteroatoms. The van der Waals surface area contributed by atoms with Crippen LogP contribution >= 0.6 is 11.8 Å². The van der Waals surface area contributed by atoms with Crippen molar-refractivity contribution in [2.45, 2.75) is 31.6 Å². The minimum absolute atomic E-state index is 0.154. The zero-order valence-corrected chi connectivity index (χ0v) is 11.3. The molecule has 1 aromatic rings. The molecule has 1 rings (SSSR count). The second kappa shape index (κ2) is 7.10. The van der Waals surface area contributed by atoms with Gasteiger partial charge < -0.3 is 14.8 Å². The van der Waals surface area contributed by atoms with E-state index in [1.54, 1.807) is 23.9 Å². The van der Waals surface area contributed by atoms with E-state index in [-0.39, 0.29) is 5.76 Å². The number of carboxylic acid groups (broad SMARTS) is 1. The molecule has 1 amide bonds. The van der Waals surface area contributed by atoms with Crippen LogP contribution in [0.4, 0.5) is 0 Å². The summed E-state index contributed by atoms with van der Waals surface area (Å²) in [7, 11) is 0. The zero-order valence-electron chi connectivity index (χ0n) is 10.4. The smallest absolute Gasteiger partial charge is 0.326 e. The molecule has 18 heavy (non-hydrogen) atoms. The molecule has 0 bridgehead atoms. The van der Waals surface area contributed by atoms with Gasteiger partial charge in [0.1, 0.15) is 11.8 Å². The number of carboxylic acids is 1. The maximum Gasteiger partial charge on any atom is 0.326 e. The van der Waals surface area contributed by atoms with Crippen molar-refractivity contribution >= 4 is 23.6 Å². The SMILES string of the molecule is CCC[C@H](NC(=O)c1ccc(CSC)o1)C(=O)O. The number of amides is 1. The van der Waals surface area contributed by atoms with Crippen LogP contribution in [0.25, 0.3) is 0 Å². The molecule has 0 fully saturated rings. The Balaban J connectivity index is 2.64. The van der Waals surface area contributed by atoms with Crippen LogP contribution in [0.5, 0.6) is 0 Å². The van der Waals surface area contributed by atoms with E-state index in [2.05, 4.69) is 5.32 Å². The average Bonchev–Trinajstić information content (AvgIpc) is 2.77. The Bertz CT molecular complexity index is 416. The normalized spacial score (nSPS) is 12.1. The molecule has 5 nitrogen and oxygen atoms in total. The number of hydrogen-bond donors (Lipinski definition) is 2. The summed E-state index contributed by atoms with van der Waals surface area (Å²) in [5.41, 5.74) is 0. The molecule has 1 atom stereocenters. The van der Waals surface area contributed by atoms with Crippen LogP contribution in [0, 0.1) is 0 Å². The van der Waals surface area contributed by atoms with Crippen molar-refractivity contribution in [1.29, 1.82) is 0 Å². The standard InChI is InChI=1S/C12H17NO4S/c1-3-4-9(12(15)16)13-11(14)10-6-5-8(17-10)7-18-2/h5-6,9H,3-4,7H2,1-2H3,(H,13,14)(H,15,16)/t9-/m0/s1. The van der Waals surface area contributed by atoms with Crippen LogP contribution in [0.1, 0.15) is 36.1 Å². The maximum absolute atomic E-state index is 11.8. The predicted molar refractivity (Wildman–Crippen MR) is 69.7 cm³/mol. The minimum Gasteiger partial charge on any atom is -0.480 e. The van der Waals surface area contributed by atoms with E-state index in [0.29, 0.717) is 24.4 Å². The summed E-state index contributed by atoms with van der Waals surface area (Å²) in [6, 6.07) is 2.42. The summed E-state index contributed by atoms with van der Waals surface area (Å²) >= 11 is 1.59. The van der Waals surface area contributed by atoms with Gasteiger partial charge in [0.05, 0.1) is 5.75 Å². The fraction of sp³-hybridized carbons (Fsp3) is 0.500. The quantitative estimate of drug-likeness (QED) is 0.794. The van der Waals surface area contributed by atoms with E-state index in [1.165, 1.54) is 0 Å². The fourth-order valence-corrected chi connectivity index (χ4v) is 1.93. The summed E-state index contributed by atoms with van der Waals surface area (Å²) in [6.45, 7) is 1.87. The molecule has 0 saturated carbocycles. The van der Waals surface area contributed by atoms with Gasteiger partial charge in [0.25, 0.3) is 5.91 Å². The zero-order chi connectivity index (χ0) is 13.5. The highest BCUT2D eigenvalue weighted by atomic mass is 32.2. The second-order valence-electron chi connectivity index (χ2n) is 3.85. The van der Waals surface area contributed by atoms with Gasteiger partial charge in [-0.05, 0) is 24.8 Å². The lowest BCUT2D eigenvalue weighted by molar-refractivity contribution is -0.139. The third-order valence-electron chi connectivity index (χ3n) is 2.35. The molecule has 0 saturated heterocycles. The van der Waals surface area contributed by atoms with Crippen molar-refractivity contribution in [2.24, 2.45) is 0 Å². The van der Waals surface area contributed by atoms with Gasteiger partial charge in [-0.15, -0.1) is 0 Å². The fourth-order valence-electron chi connectivity index (χ4n) is 1.50. The van der Waals surface area contributed by atoms with Crippen LogP contribution in [-0.4, -0.2) is 29.3 Å². The molecule has 2 N–H and O–H groups in total. The molecule has 1 heterocycles. The third kappa shape index (κ3) is 4.10. The number of hydrogen-bond acceptors (Lipinski definition) is 4. The summed E-state index contributed by atoms with van der Waals surface area (Å²) < 4.78 is 5.32. The van der Waals surface area contributed by atoms with Gasteiger partial charge in [0, 0.05) is 0 Å². The summed E-state index contributed by atoms with van der Waals surface area (Å²) in [4.78, 5) is 22.7. The first kappa shape index (κ1) is 14.6. The first-order valence-electron chi connectivity index (χ1n) is 5.69. The van der Waals surface area contributed by atoms with Crippen LogP contribution < -0.4 is 5.32 Å². The van der Waals surface area contributed by atoms with E-state index < -0.39 is 17.9 Å². The number of thioether (sulfide) groups is 1. The number of carbonyl (C=O) groups excluding carboxylic acids is 1. The Hall–Kier alpha value is -1.43. The van der Waals surface area contributed by atoms with Gasteiger partial charge in [-0.25, -0.2) is 4.79 Å². The van der Waals surface area contributed by atoms with Crippen molar-refractivity contribution in [2.75, 3.05) is 6.26 Å². The monoisotopic (exact) mass is 271 g/mol. The van der Waals surface area contributed by atoms with E-state index in [9.17, 15) is 9.59 Å². The minimum atomic E-state index is -1.03. The lowest BCUT2D eigenvalue weighted by Gasteiger charge is -2.12. The lowest BCUT2D eigenvalue weighted by atomic mass is 10.1. The molecule has 0 aromatic carbocycles. The van der Waals surface area contributed by atoms with Gasteiger partial charge in [0.15, 0.2) is 5.76 Å². The Morgan fingerprint density at radius 2 is 2.22 bits per heavy atom. The summed E-state index contributed by atoms with van der Waals surface area (Å²) in [5, 5.41) is 11.4. The summed E-state index contributed by atoms with van der Waals surface area (Å²) in [6.07, 6.45) is 3.02. The Morgan fingerprint density at radius 3 is 2.78 bits per heavy atom. The lowest BCUT2D eigenvalue weighted by Crippen LogP contribution is -2.40. The van der Waals surface area contributed by atoms with Crippen molar-refractivity contribution in [3.05, 3.63) is 23.7 Å². The highest BCUT2D eigenvalue weighted by Gasteiger charge is 2.21. The van der Waals surface area contributed by atoms with Gasteiger partial charge in [-0.1, -0.05) is 13.3 Å². The van der Waals surface area contributed by atoms with E-state index in [4.69, 9.17) is 9.52 Å². The van der Waals surface area contributed by atoms with Gasteiger partial charge in [-0.3, -0.25) is 4.79 Å². The van der Waals surface area contributed by atoms with Crippen molar-refractivity contribution in [3.8, 4) is 0 Å². The molecule has 0 radical (unpaired) electrons. The van der Waals surface area contributed by atoms with Crippen molar-refractivity contribution in [3.63, 3.8) is 0 Å². The van der Waals surface area contributed by atoms with Crippen LogP contribution in [0.2, 0.25) is 0 Å². The van der Waals surface area contributed by atoms with Crippen molar-refractivity contribution in [1.82, 2.24) is 5.32 Å². The predicted octanol–water partition coefficient (Wildman–Crippen LogP) is 2.13. The Kier molecular flexibility index (Phi) is 5.77. The molecule has 0 unspecified atom stereocenters. The molecular weight excluding hydrogens is 254 g/mol. The molecular formula is C12H17NO4S. The highest BCUT2D eigenvalue weighted by Crippen LogP contribution is 2.13. The van der Waals surface area contributed by atoms with Gasteiger partial charge in [0.2, 0.25) is 0 Å². The van der Waals surface area contributed by atoms with E-state index in [0.717, 1.165) is 0 Å². The third-order valence-corrected chi connectivity index (χ3v) is 2.93. The number of rotatable bonds is 7. The van der Waals surface area contributed by atoms with E-state index in [1.807, 2.05) is 13.2 Å². The van der Waals surface area contributed by atoms with Crippen LogP contribution in [-0.2, 0) is 10.5 Å². The molecule has 100 valence electrons. The van der Waals surface area contributed by atoms with E-state index >= 15 is 0 Å². The molecule has 1 aromatic heterocycles. The number of aliphatic carboxylic acids is 1. The molecule has 0 aliphatic rings. The first-order chi connectivity index (χ1) is 8.58. The number of nitrogens with one attached hydrogen (secondary N) is 1. The van der Waals surface area contributed by atoms with Crippen molar-refractivity contribution < 1.29 is 19.1 Å². The molecule has 0 aliphatic heterocycles. The maximum atomic E-state index is 11.8. The largest absolute Gasteiger partial charge is 0.480 e. The van der Waals surface area contributed by atoms with Crippen LogP contribution in [0.3, 0.4) is 0 Å². The summed E-state index contributed by atoms with van der Waals surface area (Å²) in [5.74, 6) is 0.0330.